The number of carboxylic acids is 1. The van der Waals surface area contributed by atoms with Crippen molar-refractivity contribution in [3.8, 4) is 0 Å². The van der Waals surface area contributed by atoms with Crippen molar-refractivity contribution >= 4 is 5.97 Å². The number of carboxylic acid groups (broad SMARTS) is 1. The minimum absolute atomic E-state index is 0.329. The van der Waals surface area contributed by atoms with Gasteiger partial charge in [-0.25, -0.2) is 0 Å². The van der Waals surface area contributed by atoms with Gasteiger partial charge >= 0.3 is 5.97 Å². The third-order valence-electron chi connectivity index (χ3n) is 4.28. The lowest BCUT2D eigenvalue weighted by atomic mass is 10.0. The third kappa shape index (κ3) is 11.0. The summed E-state index contributed by atoms with van der Waals surface area (Å²) in [6.07, 6.45) is 15.7. The van der Waals surface area contributed by atoms with E-state index in [9.17, 15) is 4.79 Å². The summed E-state index contributed by atoms with van der Waals surface area (Å²) >= 11 is 0. The zero-order chi connectivity index (χ0) is 16.8. The molecule has 0 aliphatic rings. The van der Waals surface area contributed by atoms with Crippen molar-refractivity contribution in [2.45, 2.75) is 96.8 Å². The van der Waals surface area contributed by atoms with Crippen LogP contribution in [0.25, 0.3) is 0 Å². The summed E-state index contributed by atoms with van der Waals surface area (Å²) < 4.78 is 5.79. The Morgan fingerprint density at radius 1 is 0.826 bits per heavy atom. The molecule has 1 heterocycles. The predicted molar refractivity (Wildman–Crippen MR) is 94.8 cm³/mol. The smallest absolute Gasteiger partial charge is 0.303 e. The second-order valence-electron chi connectivity index (χ2n) is 6.55. The highest BCUT2D eigenvalue weighted by Crippen LogP contribution is 2.15. The van der Waals surface area contributed by atoms with Gasteiger partial charge in [0.1, 0.15) is 11.5 Å². The summed E-state index contributed by atoms with van der Waals surface area (Å²) in [5, 5.41) is 8.55. The highest BCUT2D eigenvalue weighted by Gasteiger charge is 2.01. The lowest BCUT2D eigenvalue weighted by molar-refractivity contribution is -0.137. The number of unbranched alkanes of at least 4 members (excludes halogenated alkanes) is 9. The number of aliphatic carboxylic acids is 1. The van der Waals surface area contributed by atoms with Crippen LogP contribution in [0.4, 0.5) is 0 Å². The Morgan fingerprint density at radius 3 is 1.83 bits per heavy atom. The topological polar surface area (TPSA) is 50.4 Å². The van der Waals surface area contributed by atoms with Gasteiger partial charge in [-0.05, 0) is 31.4 Å². The van der Waals surface area contributed by atoms with Crippen LogP contribution in [0.5, 0.6) is 0 Å². The van der Waals surface area contributed by atoms with E-state index >= 15 is 0 Å². The third-order valence-corrected chi connectivity index (χ3v) is 4.28. The monoisotopic (exact) mass is 322 g/mol. The molecule has 0 saturated heterocycles. The molecule has 0 aromatic carbocycles. The maximum Gasteiger partial charge on any atom is 0.303 e. The largest absolute Gasteiger partial charge is 0.481 e. The van der Waals surface area contributed by atoms with Gasteiger partial charge in [0.15, 0.2) is 0 Å². The van der Waals surface area contributed by atoms with Crippen LogP contribution in [0.15, 0.2) is 16.5 Å². The standard InChI is InChI=1S/C20H34O3/c1-2-13-18-16-17-19(23-18)14-11-9-7-5-3-4-6-8-10-12-15-20(21)22/h16-17H,2-15H2,1H3,(H,21,22). The first-order valence-corrected chi connectivity index (χ1v) is 9.51. The predicted octanol–water partition coefficient (Wildman–Crippen LogP) is 6.15. The molecule has 0 radical (unpaired) electrons. The first-order valence-electron chi connectivity index (χ1n) is 9.51. The number of rotatable bonds is 15. The highest BCUT2D eigenvalue weighted by molar-refractivity contribution is 5.66. The number of aryl methyl sites for hydroxylation is 2. The van der Waals surface area contributed by atoms with Crippen LogP contribution >= 0.6 is 0 Å². The summed E-state index contributed by atoms with van der Waals surface area (Å²) in [6, 6.07) is 4.25. The Labute approximate surface area is 141 Å². The first kappa shape index (κ1) is 19.8. The molecule has 23 heavy (non-hydrogen) atoms. The quantitative estimate of drug-likeness (QED) is 0.394. The SMILES string of the molecule is CCCc1ccc(CCCCCCCCCCCCC(=O)O)o1. The van der Waals surface area contributed by atoms with Gasteiger partial charge in [0, 0.05) is 19.3 Å². The Bertz CT molecular complexity index is 409. The number of hydrogen-bond donors (Lipinski definition) is 1. The molecule has 0 amide bonds. The van der Waals surface area contributed by atoms with Crippen molar-refractivity contribution in [2.24, 2.45) is 0 Å². The molecule has 3 nitrogen and oxygen atoms in total. The van der Waals surface area contributed by atoms with Gasteiger partial charge in [0.05, 0.1) is 0 Å². The Kier molecular flexibility index (Phi) is 11.4. The fourth-order valence-corrected chi connectivity index (χ4v) is 2.93. The van der Waals surface area contributed by atoms with Crippen LogP contribution in [0.3, 0.4) is 0 Å². The van der Waals surface area contributed by atoms with Crippen molar-refractivity contribution in [1.82, 2.24) is 0 Å². The maximum absolute atomic E-state index is 10.4. The van der Waals surface area contributed by atoms with Crippen molar-refractivity contribution < 1.29 is 14.3 Å². The second-order valence-corrected chi connectivity index (χ2v) is 6.55. The van der Waals surface area contributed by atoms with E-state index in [2.05, 4.69) is 19.1 Å². The maximum atomic E-state index is 10.4. The molecule has 0 unspecified atom stereocenters. The van der Waals surface area contributed by atoms with E-state index in [0.717, 1.165) is 43.6 Å². The molecule has 0 saturated carbocycles. The van der Waals surface area contributed by atoms with E-state index in [-0.39, 0.29) is 0 Å². The molecule has 1 N–H and O–H groups in total. The molecule has 0 aliphatic heterocycles. The average molecular weight is 322 g/mol. The molecular weight excluding hydrogens is 288 g/mol. The minimum Gasteiger partial charge on any atom is -0.481 e. The summed E-state index contributed by atoms with van der Waals surface area (Å²) in [6.45, 7) is 2.18. The average Bonchev–Trinajstić information content (AvgIpc) is 2.96. The lowest BCUT2D eigenvalue weighted by Crippen LogP contribution is -1.93. The molecule has 1 aromatic rings. The molecule has 0 aliphatic carbocycles. The van der Waals surface area contributed by atoms with Gasteiger partial charge in [-0.2, -0.15) is 0 Å². The van der Waals surface area contributed by atoms with Crippen molar-refractivity contribution in [3.63, 3.8) is 0 Å². The van der Waals surface area contributed by atoms with E-state index in [1.807, 2.05) is 0 Å². The number of furan rings is 1. The zero-order valence-electron chi connectivity index (χ0n) is 14.8. The number of carbonyl (C=O) groups is 1. The minimum atomic E-state index is -0.666. The second kappa shape index (κ2) is 13.2. The van der Waals surface area contributed by atoms with Gasteiger partial charge in [-0.3, -0.25) is 4.79 Å². The molecule has 0 fully saturated rings. The zero-order valence-corrected chi connectivity index (χ0v) is 14.8. The molecule has 0 spiro atoms. The fraction of sp³-hybridized carbons (Fsp3) is 0.750. The van der Waals surface area contributed by atoms with E-state index in [1.54, 1.807) is 0 Å². The van der Waals surface area contributed by atoms with E-state index in [1.165, 1.54) is 51.4 Å². The highest BCUT2D eigenvalue weighted by atomic mass is 16.4. The van der Waals surface area contributed by atoms with Crippen LogP contribution in [-0.4, -0.2) is 11.1 Å². The van der Waals surface area contributed by atoms with Crippen LogP contribution in [0, 0.1) is 0 Å². The van der Waals surface area contributed by atoms with Crippen molar-refractivity contribution in [3.05, 3.63) is 23.7 Å². The van der Waals surface area contributed by atoms with Crippen molar-refractivity contribution in [1.29, 1.82) is 0 Å². The molecule has 1 aromatic heterocycles. The van der Waals surface area contributed by atoms with E-state index in [4.69, 9.17) is 9.52 Å². The van der Waals surface area contributed by atoms with Gasteiger partial charge in [0.25, 0.3) is 0 Å². The van der Waals surface area contributed by atoms with Crippen LogP contribution in [0.2, 0.25) is 0 Å². The molecule has 3 heteroatoms. The van der Waals surface area contributed by atoms with Crippen LogP contribution in [0.1, 0.15) is 95.5 Å². The van der Waals surface area contributed by atoms with Crippen LogP contribution < -0.4 is 0 Å². The number of hydrogen-bond acceptors (Lipinski definition) is 2. The van der Waals surface area contributed by atoms with Crippen LogP contribution in [-0.2, 0) is 17.6 Å². The molecule has 132 valence electrons. The molecule has 1 rings (SSSR count). The Hall–Kier alpha value is -1.25. The van der Waals surface area contributed by atoms with E-state index < -0.39 is 5.97 Å². The van der Waals surface area contributed by atoms with Gasteiger partial charge in [0.2, 0.25) is 0 Å². The van der Waals surface area contributed by atoms with Gasteiger partial charge in [-0.15, -0.1) is 0 Å². The summed E-state index contributed by atoms with van der Waals surface area (Å²) in [7, 11) is 0. The van der Waals surface area contributed by atoms with E-state index in [0.29, 0.717) is 6.42 Å². The fourth-order valence-electron chi connectivity index (χ4n) is 2.93. The summed E-state index contributed by atoms with van der Waals surface area (Å²) in [4.78, 5) is 10.4. The normalized spacial score (nSPS) is 11.0. The van der Waals surface area contributed by atoms with Gasteiger partial charge in [-0.1, -0.05) is 58.3 Å². The molecular formula is C20H34O3. The van der Waals surface area contributed by atoms with Crippen molar-refractivity contribution in [2.75, 3.05) is 0 Å². The Morgan fingerprint density at radius 2 is 1.30 bits per heavy atom. The molecule has 0 atom stereocenters. The summed E-state index contributed by atoms with van der Waals surface area (Å²) in [5.41, 5.74) is 0. The molecule has 0 bridgehead atoms. The van der Waals surface area contributed by atoms with Gasteiger partial charge < -0.3 is 9.52 Å². The summed E-state index contributed by atoms with van der Waals surface area (Å²) in [5.74, 6) is 1.61. The first-order chi connectivity index (χ1) is 11.2. The lowest BCUT2D eigenvalue weighted by Gasteiger charge is -2.02. The Balaban J connectivity index is 1.83.